The first-order chi connectivity index (χ1) is 12.0. The molecule has 1 saturated heterocycles. The lowest BCUT2D eigenvalue weighted by atomic mass is 10.0. The van der Waals surface area contributed by atoms with Crippen molar-refractivity contribution in [2.45, 2.75) is 6.92 Å². The number of rotatable bonds is 5. The standard InChI is InChI=1S/C18H26N6O.H2/c1-4-25-13-5-6-15(19)14(11-13)18(20)16-12-17(23(3)21-16)24-9-7-22(2)8-10-24;/h5-6,11-12,20H,4,7-10,19H2,1-3H3;1H. The first-order valence-electron chi connectivity index (χ1n) is 8.58. The number of nitrogens with two attached hydrogens (primary N) is 1. The van der Waals surface area contributed by atoms with Crippen molar-refractivity contribution in [1.29, 1.82) is 5.41 Å². The molecule has 0 bridgehead atoms. The maximum atomic E-state index is 8.56. The molecule has 7 nitrogen and oxygen atoms in total. The second kappa shape index (κ2) is 7.14. The summed E-state index contributed by atoms with van der Waals surface area (Å²) >= 11 is 0. The predicted molar refractivity (Wildman–Crippen MR) is 103 cm³/mol. The molecule has 7 heteroatoms. The number of hydrogen-bond acceptors (Lipinski definition) is 6. The maximum absolute atomic E-state index is 8.56. The van der Waals surface area contributed by atoms with E-state index in [0.29, 0.717) is 35.0 Å². The molecule has 0 amide bonds. The van der Waals surface area contributed by atoms with Crippen LogP contribution in [-0.4, -0.2) is 60.2 Å². The van der Waals surface area contributed by atoms with Crippen LogP contribution in [0, 0.1) is 5.41 Å². The number of likely N-dealkylation sites (N-methyl/N-ethyl adjacent to an activating group) is 1. The zero-order chi connectivity index (χ0) is 18.0. The van der Waals surface area contributed by atoms with E-state index >= 15 is 0 Å². The van der Waals surface area contributed by atoms with E-state index in [9.17, 15) is 0 Å². The topological polar surface area (TPSA) is 83.4 Å². The van der Waals surface area contributed by atoms with Gasteiger partial charge in [0.25, 0.3) is 0 Å². The van der Waals surface area contributed by atoms with Crippen molar-refractivity contribution in [2.75, 3.05) is 50.5 Å². The zero-order valence-electron chi connectivity index (χ0n) is 15.1. The van der Waals surface area contributed by atoms with Crippen molar-refractivity contribution in [3.63, 3.8) is 0 Å². The summed E-state index contributed by atoms with van der Waals surface area (Å²) in [5.41, 5.74) is 8.22. The Labute approximate surface area is 150 Å². The third kappa shape index (κ3) is 3.61. The summed E-state index contributed by atoms with van der Waals surface area (Å²) in [4.78, 5) is 4.62. The minimum Gasteiger partial charge on any atom is -0.494 e. The number of nitrogen functional groups attached to an aromatic ring is 1. The lowest BCUT2D eigenvalue weighted by Crippen LogP contribution is -2.45. The fraction of sp³-hybridized carbons (Fsp3) is 0.444. The minimum absolute atomic E-state index is 0. The number of piperazine rings is 1. The first kappa shape index (κ1) is 17.3. The number of aromatic nitrogens is 2. The Kier molecular flexibility index (Phi) is 4.94. The SMILES string of the molecule is CCOc1ccc(N)c(C(=N)c2cc(N3CCN(C)CC3)n(C)n2)c1.[HH]. The van der Waals surface area contributed by atoms with E-state index in [1.165, 1.54) is 0 Å². The molecular weight excluding hydrogens is 316 g/mol. The average molecular weight is 344 g/mol. The summed E-state index contributed by atoms with van der Waals surface area (Å²) in [6.07, 6.45) is 0. The van der Waals surface area contributed by atoms with Crippen molar-refractivity contribution in [2.24, 2.45) is 7.05 Å². The number of anilines is 2. The molecule has 2 aromatic rings. The lowest BCUT2D eigenvalue weighted by molar-refractivity contribution is 0.311. The summed E-state index contributed by atoms with van der Waals surface area (Å²) in [5.74, 6) is 1.75. The molecule has 1 aliphatic heterocycles. The fourth-order valence-electron chi connectivity index (χ4n) is 3.06. The fourth-order valence-corrected chi connectivity index (χ4v) is 3.06. The van der Waals surface area contributed by atoms with Crippen molar-refractivity contribution in [1.82, 2.24) is 14.7 Å². The molecule has 3 rings (SSSR count). The van der Waals surface area contributed by atoms with Crippen molar-refractivity contribution < 1.29 is 6.16 Å². The van der Waals surface area contributed by atoms with E-state index < -0.39 is 0 Å². The van der Waals surface area contributed by atoms with E-state index in [1.54, 1.807) is 6.07 Å². The molecule has 3 N–H and O–H groups in total. The summed E-state index contributed by atoms with van der Waals surface area (Å²) in [6, 6.07) is 7.38. The molecule has 0 spiro atoms. The van der Waals surface area contributed by atoms with Gasteiger partial charge in [-0.25, -0.2) is 0 Å². The van der Waals surface area contributed by atoms with Crippen LogP contribution in [0.5, 0.6) is 5.75 Å². The van der Waals surface area contributed by atoms with Gasteiger partial charge in [0, 0.05) is 52.0 Å². The number of ether oxygens (including phenoxy) is 1. The second-order valence-corrected chi connectivity index (χ2v) is 6.36. The highest BCUT2D eigenvalue weighted by Gasteiger charge is 2.20. The van der Waals surface area contributed by atoms with E-state index in [2.05, 4.69) is 21.9 Å². The smallest absolute Gasteiger partial charge is 0.127 e. The van der Waals surface area contributed by atoms with Crippen LogP contribution in [0.3, 0.4) is 0 Å². The van der Waals surface area contributed by atoms with Gasteiger partial charge in [0.15, 0.2) is 0 Å². The number of nitrogens with one attached hydrogen (secondary N) is 1. The van der Waals surface area contributed by atoms with Crippen LogP contribution in [0.2, 0.25) is 0 Å². The molecule has 1 fully saturated rings. The van der Waals surface area contributed by atoms with E-state index in [0.717, 1.165) is 32.0 Å². The molecule has 136 valence electrons. The van der Waals surface area contributed by atoms with Crippen LogP contribution >= 0.6 is 0 Å². The molecule has 1 aromatic heterocycles. The molecule has 0 radical (unpaired) electrons. The van der Waals surface area contributed by atoms with Gasteiger partial charge in [0.2, 0.25) is 0 Å². The predicted octanol–water partition coefficient (Wildman–Crippen LogP) is 1.81. The Morgan fingerprint density at radius 2 is 1.96 bits per heavy atom. The van der Waals surface area contributed by atoms with Gasteiger partial charge in [0.1, 0.15) is 17.3 Å². The number of hydrogen-bond donors (Lipinski definition) is 2. The number of nitrogens with zero attached hydrogens (tertiary/aromatic N) is 4. The molecule has 0 atom stereocenters. The van der Waals surface area contributed by atoms with Crippen LogP contribution in [0.4, 0.5) is 11.5 Å². The van der Waals surface area contributed by atoms with Crippen LogP contribution in [0.15, 0.2) is 24.3 Å². The molecule has 25 heavy (non-hydrogen) atoms. The Morgan fingerprint density at radius 1 is 1.24 bits per heavy atom. The maximum Gasteiger partial charge on any atom is 0.127 e. The van der Waals surface area contributed by atoms with Crippen LogP contribution in [0.25, 0.3) is 0 Å². The molecular formula is C18H28N6O. The summed E-state index contributed by atoms with van der Waals surface area (Å²) in [5, 5.41) is 13.1. The second-order valence-electron chi connectivity index (χ2n) is 6.36. The van der Waals surface area contributed by atoms with Gasteiger partial charge in [-0.1, -0.05) is 0 Å². The molecule has 0 saturated carbocycles. The monoisotopic (exact) mass is 344 g/mol. The molecule has 2 heterocycles. The highest BCUT2D eigenvalue weighted by molar-refractivity contribution is 6.13. The Hall–Kier alpha value is -2.54. The van der Waals surface area contributed by atoms with Gasteiger partial charge in [0.05, 0.1) is 12.3 Å². The van der Waals surface area contributed by atoms with Crippen molar-refractivity contribution in [3.8, 4) is 5.75 Å². The third-order valence-corrected chi connectivity index (χ3v) is 4.54. The number of aryl methyl sites for hydroxylation is 1. The first-order valence-corrected chi connectivity index (χ1v) is 8.58. The van der Waals surface area contributed by atoms with Gasteiger partial charge in [-0.05, 0) is 32.2 Å². The van der Waals surface area contributed by atoms with E-state index in [-0.39, 0.29) is 1.43 Å². The van der Waals surface area contributed by atoms with Crippen molar-refractivity contribution >= 4 is 17.2 Å². The van der Waals surface area contributed by atoms with Gasteiger partial charge in [-0.15, -0.1) is 0 Å². The van der Waals surface area contributed by atoms with E-state index in [1.807, 2.05) is 36.9 Å². The highest BCUT2D eigenvalue weighted by Crippen LogP contribution is 2.24. The molecule has 0 unspecified atom stereocenters. The third-order valence-electron chi connectivity index (χ3n) is 4.54. The Bertz CT molecular complexity index is 767. The van der Waals surface area contributed by atoms with E-state index in [4.69, 9.17) is 15.9 Å². The quantitative estimate of drug-likeness (QED) is 0.638. The Morgan fingerprint density at radius 3 is 2.64 bits per heavy atom. The van der Waals surface area contributed by atoms with Gasteiger partial charge in [-0.2, -0.15) is 5.10 Å². The highest BCUT2D eigenvalue weighted by atomic mass is 16.5. The Balaban J connectivity index is 0.00000243. The minimum atomic E-state index is 0. The van der Waals surface area contributed by atoms with Crippen molar-refractivity contribution in [3.05, 3.63) is 35.5 Å². The van der Waals surface area contributed by atoms with Crippen LogP contribution in [0.1, 0.15) is 19.6 Å². The summed E-state index contributed by atoms with van der Waals surface area (Å²) in [7, 11) is 4.06. The molecule has 1 aliphatic rings. The van der Waals surface area contributed by atoms with Gasteiger partial charge < -0.3 is 20.3 Å². The lowest BCUT2D eigenvalue weighted by Gasteiger charge is -2.33. The molecule has 0 aliphatic carbocycles. The number of benzene rings is 1. The normalized spacial score (nSPS) is 15.4. The zero-order valence-corrected chi connectivity index (χ0v) is 15.1. The average Bonchev–Trinajstić information content (AvgIpc) is 2.99. The molecule has 1 aromatic carbocycles. The van der Waals surface area contributed by atoms with Crippen LogP contribution < -0.4 is 15.4 Å². The summed E-state index contributed by atoms with van der Waals surface area (Å²) in [6.45, 7) is 6.49. The largest absolute Gasteiger partial charge is 0.494 e. The van der Waals surface area contributed by atoms with Gasteiger partial charge >= 0.3 is 0 Å². The van der Waals surface area contributed by atoms with Gasteiger partial charge in [-0.3, -0.25) is 10.1 Å². The summed E-state index contributed by atoms with van der Waals surface area (Å²) < 4.78 is 7.38. The van der Waals surface area contributed by atoms with Crippen LogP contribution in [-0.2, 0) is 7.05 Å².